The standard InChI is InChI=1S/C20H15NO/c1-2-5-18-12-15(7-8-16(18)4-1)14-22-19-10-9-17-6-3-11-21-20(17)13-19/h1-13H,14H2. The fraction of sp³-hybridized carbons (Fsp3) is 0.0500. The van der Waals surface area contributed by atoms with Gasteiger partial charge in [0, 0.05) is 17.6 Å². The summed E-state index contributed by atoms with van der Waals surface area (Å²) < 4.78 is 5.91. The first-order valence-electron chi connectivity index (χ1n) is 7.34. The first-order chi connectivity index (χ1) is 10.9. The van der Waals surface area contributed by atoms with Crippen molar-refractivity contribution in [2.45, 2.75) is 6.61 Å². The van der Waals surface area contributed by atoms with Gasteiger partial charge in [0.1, 0.15) is 12.4 Å². The second kappa shape index (κ2) is 5.49. The Morgan fingerprint density at radius 3 is 2.50 bits per heavy atom. The van der Waals surface area contributed by atoms with Gasteiger partial charge in [-0.3, -0.25) is 4.98 Å². The van der Waals surface area contributed by atoms with Crippen LogP contribution in [0.25, 0.3) is 21.7 Å². The fourth-order valence-corrected chi connectivity index (χ4v) is 2.63. The summed E-state index contributed by atoms with van der Waals surface area (Å²) in [6.45, 7) is 0.559. The molecule has 4 rings (SSSR count). The lowest BCUT2D eigenvalue weighted by atomic mass is 10.1. The first-order valence-corrected chi connectivity index (χ1v) is 7.34. The summed E-state index contributed by atoms with van der Waals surface area (Å²) in [5, 5.41) is 3.62. The first kappa shape index (κ1) is 12.8. The maximum Gasteiger partial charge on any atom is 0.122 e. The van der Waals surface area contributed by atoms with Gasteiger partial charge in [-0.25, -0.2) is 0 Å². The third-order valence-corrected chi connectivity index (χ3v) is 3.80. The van der Waals surface area contributed by atoms with Crippen LogP contribution in [-0.4, -0.2) is 4.98 Å². The van der Waals surface area contributed by atoms with E-state index in [1.165, 1.54) is 16.3 Å². The Kier molecular flexibility index (Phi) is 3.20. The lowest BCUT2D eigenvalue weighted by Gasteiger charge is -2.08. The van der Waals surface area contributed by atoms with Gasteiger partial charge in [0.15, 0.2) is 0 Å². The van der Waals surface area contributed by atoms with Gasteiger partial charge < -0.3 is 4.74 Å². The van der Waals surface area contributed by atoms with E-state index in [1.807, 2.05) is 24.3 Å². The zero-order chi connectivity index (χ0) is 14.8. The van der Waals surface area contributed by atoms with Crippen LogP contribution in [0.1, 0.15) is 5.56 Å². The Labute approximate surface area is 129 Å². The molecule has 0 aliphatic carbocycles. The summed E-state index contributed by atoms with van der Waals surface area (Å²) in [6.07, 6.45) is 1.80. The van der Waals surface area contributed by atoms with Crippen LogP contribution < -0.4 is 4.74 Å². The molecule has 1 heterocycles. The van der Waals surface area contributed by atoms with Crippen molar-refractivity contribution in [1.82, 2.24) is 4.98 Å². The molecule has 4 aromatic rings. The summed E-state index contributed by atoms with van der Waals surface area (Å²) in [4.78, 5) is 4.36. The largest absolute Gasteiger partial charge is 0.489 e. The van der Waals surface area contributed by atoms with Crippen LogP contribution in [0.5, 0.6) is 5.75 Å². The Morgan fingerprint density at radius 2 is 1.55 bits per heavy atom. The van der Waals surface area contributed by atoms with Crippen molar-refractivity contribution in [1.29, 1.82) is 0 Å². The van der Waals surface area contributed by atoms with Crippen molar-refractivity contribution >= 4 is 21.7 Å². The molecule has 0 amide bonds. The van der Waals surface area contributed by atoms with Crippen LogP contribution in [0.4, 0.5) is 0 Å². The number of fused-ring (bicyclic) bond motifs is 2. The predicted octanol–water partition coefficient (Wildman–Crippen LogP) is 4.97. The maximum atomic E-state index is 5.91. The van der Waals surface area contributed by atoms with Crippen molar-refractivity contribution in [2.24, 2.45) is 0 Å². The summed E-state index contributed by atoms with van der Waals surface area (Å²) in [5.74, 6) is 0.847. The van der Waals surface area contributed by atoms with Gasteiger partial charge in [-0.2, -0.15) is 0 Å². The molecule has 22 heavy (non-hydrogen) atoms. The van der Waals surface area contributed by atoms with E-state index in [-0.39, 0.29) is 0 Å². The monoisotopic (exact) mass is 285 g/mol. The number of ether oxygens (including phenoxy) is 1. The second-order valence-corrected chi connectivity index (χ2v) is 5.33. The Morgan fingerprint density at radius 1 is 0.727 bits per heavy atom. The normalized spacial score (nSPS) is 10.9. The molecular formula is C20H15NO. The predicted molar refractivity (Wildman–Crippen MR) is 90.0 cm³/mol. The average Bonchev–Trinajstić information content (AvgIpc) is 2.59. The molecule has 2 nitrogen and oxygen atoms in total. The fourth-order valence-electron chi connectivity index (χ4n) is 2.63. The van der Waals surface area contributed by atoms with Gasteiger partial charge in [-0.1, -0.05) is 42.5 Å². The van der Waals surface area contributed by atoms with Crippen molar-refractivity contribution in [3.05, 3.63) is 84.6 Å². The molecule has 106 valence electrons. The lowest BCUT2D eigenvalue weighted by Crippen LogP contribution is -1.95. The van der Waals surface area contributed by atoms with E-state index in [0.717, 1.165) is 16.7 Å². The topological polar surface area (TPSA) is 22.1 Å². The SMILES string of the molecule is c1ccc2cc(COc3ccc4cccnc4c3)ccc2c1. The smallest absolute Gasteiger partial charge is 0.122 e. The molecule has 0 N–H and O–H groups in total. The Balaban J connectivity index is 1.57. The van der Waals surface area contributed by atoms with Crippen LogP contribution in [0.3, 0.4) is 0 Å². The summed E-state index contributed by atoms with van der Waals surface area (Å²) in [7, 11) is 0. The number of aromatic nitrogens is 1. The van der Waals surface area contributed by atoms with Crippen molar-refractivity contribution < 1.29 is 4.74 Å². The molecule has 2 heteroatoms. The Hall–Kier alpha value is -2.87. The quantitative estimate of drug-likeness (QED) is 0.530. The van der Waals surface area contributed by atoms with Gasteiger partial charge in [-0.05, 0) is 40.6 Å². The number of hydrogen-bond donors (Lipinski definition) is 0. The zero-order valence-electron chi connectivity index (χ0n) is 12.1. The molecule has 0 unspecified atom stereocenters. The molecule has 1 aromatic heterocycles. The number of rotatable bonds is 3. The number of nitrogens with zero attached hydrogens (tertiary/aromatic N) is 1. The van der Waals surface area contributed by atoms with E-state index in [9.17, 15) is 0 Å². The van der Waals surface area contributed by atoms with E-state index in [4.69, 9.17) is 4.74 Å². The molecule has 0 fully saturated rings. The van der Waals surface area contributed by atoms with E-state index in [1.54, 1.807) is 6.20 Å². The highest BCUT2D eigenvalue weighted by Crippen LogP contribution is 2.21. The maximum absolute atomic E-state index is 5.91. The third-order valence-electron chi connectivity index (χ3n) is 3.80. The van der Waals surface area contributed by atoms with Gasteiger partial charge in [0.25, 0.3) is 0 Å². The molecule has 0 atom stereocenters. The molecule has 0 saturated carbocycles. The third kappa shape index (κ3) is 2.51. The molecular weight excluding hydrogens is 270 g/mol. The van der Waals surface area contributed by atoms with Gasteiger partial charge in [0.05, 0.1) is 5.52 Å². The number of pyridine rings is 1. The molecule has 0 aliphatic heterocycles. The Bertz CT molecular complexity index is 867. The van der Waals surface area contributed by atoms with Gasteiger partial charge >= 0.3 is 0 Å². The molecule has 0 aliphatic rings. The molecule has 0 bridgehead atoms. The molecule has 0 radical (unpaired) electrons. The molecule has 0 saturated heterocycles. The van der Waals surface area contributed by atoms with Crippen LogP contribution in [0.15, 0.2) is 79.0 Å². The summed E-state index contributed by atoms with van der Waals surface area (Å²) >= 11 is 0. The van der Waals surface area contributed by atoms with Gasteiger partial charge in [-0.15, -0.1) is 0 Å². The van der Waals surface area contributed by atoms with Crippen molar-refractivity contribution in [3.63, 3.8) is 0 Å². The lowest BCUT2D eigenvalue weighted by molar-refractivity contribution is 0.307. The van der Waals surface area contributed by atoms with Crippen LogP contribution in [0.2, 0.25) is 0 Å². The number of hydrogen-bond acceptors (Lipinski definition) is 2. The highest BCUT2D eigenvalue weighted by Gasteiger charge is 2.00. The minimum Gasteiger partial charge on any atom is -0.489 e. The van der Waals surface area contributed by atoms with Crippen molar-refractivity contribution in [2.75, 3.05) is 0 Å². The molecule has 0 spiro atoms. The van der Waals surface area contributed by atoms with E-state index < -0.39 is 0 Å². The number of benzene rings is 3. The van der Waals surface area contributed by atoms with Crippen LogP contribution in [0, 0.1) is 0 Å². The highest BCUT2D eigenvalue weighted by molar-refractivity contribution is 5.83. The average molecular weight is 285 g/mol. The van der Waals surface area contributed by atoms with Gasteiger partial charge in [0.2, 0.25) is 0 Å². The molecule has 3 aromatic carbocycles. The summed E-state index contributed by atoms with van der Waals surface area (Å²) in [6, 6.07) is 24.8. The summed E-state index contributed by atoms with van der Waals surface area (Å²) in [5.41, 5.74) is 2.12. The van der Waals surface area contributed by atoms with Crippen LogP contribution >= 0.6 is 0 Å². The van der Waals surface area contributed by atoms with Crippen molar-refractivity contribution in [3.8, 4) is 5.75 Å². The van der Waals surface area contributed by atoms with E-state index in [0.29, 0.717) is 6.61 Å². The van der Waals surface area contributed by atoms with E-state index in [2.05, 4.69) is 53.5 Å². The van der Waals surface area contributed by atoms with E-state index >= 15 is 0 Å². The highest BCUT2D eigenvalue weighted by atomic mass is 16.5. The zero-order valence-corrected chi connectivity index (χ0v) is 12.1. The van der Waals surface area contributed by atoms with Crippen LogP contribution in [-0.2, 0) is 6.61 Å². The minimum absolute atomic E-state index is 0.559. The minimum atomic E-state index is 0.559. The second-order valence-electron chi connectivity index (χ2n) is 5.33.